The molecule has 0 amide bonds. The van der Waals surface area contributed by atoms with Crippen molar-refractivity contribution in [1.29, 1.82) is 15.8 Å². The SMILES string of the molecule is CCCCC1(CCCC)CC(=C(C#N)C#N)C(C#N)=C1/C=C/c1sc(/C=C/c2ccc(N(CCO)CCO)cc2)cc1CO. The summed E-state index contributed by atoms with van der Waals surface area (Å²) in [5.74, 6) is 0. The van der Waals surface area contributed by atoms with Gasteiger partial charge in [0.05, 0.1) is 31.5 Å². The van der Waals surface area contributed by atoms with E-state index in [1.165, 1.54) is 0 Å². The normalized spacial score (nSPS) is 14.3. The Kier molecular flexibility index (Phi) is 13.6. The molecule has 0 saturated heterocycles. The number of hydrogen-bond donors (Lipinski definition) is 3. The Morgan fingerprint density at radius 3 is 2.07 bits per heavy atom. The van der Waals surface area contributed by atoms with E-state index < -0.39 is 0 Å². The monoisotopic (exact) mass is 610 g/mol. The lowest BCUT2D eigenvalue weighted by molar-refractivity contribution is 0.281. The van der Waals surface area contributed by atoms with Gasteiger partial charge in [0.25, 0.3) is 0 Å². The molecule has 44 heavy (non-hydrogen) atoms. The number of unbranched alkanes of at least 4 members (excludes halogenated alkanes) is 2. The first kappa shape index (κ1) is 34.5. The highest BCUT2D eigenvalue weighted by molar-refractivity contribution is 7.14. The summed E-state index contributed by atoms with van der Waals surface area (Å²) < 4.78 is 0. The van der Waals surface area contributed by atoms with E-state index in [1.807, 2.05) is 71.7 Å². The molecule has 230 valence electrons. The molecular weight excluding hydrogens is 568 g/mol. The van der Waals surface area contributed by atoms with Gasteiger partial charge in [-0.25, -0.2) is 0 Å². The third-order valence-electron chi connectivity index (χ3n) is 8.18. The molecule has 3 rings (SSSR count). The molecule has 1 heterocycles. The van der Waals surface area contributed by atoms with Crippen molar-refractivity contribution in [3.05, 3.63) is 79.6 Å². The molecule has 1 aliphatic rings. The Bertz CT molecular complexity index is 1480. The quantitative estimate of drug-likeness (QED) is 0.172. The molecule has 0 spiro atoms. The Hall–Kier alpha value is -3.97. The van der Waals surface area contributed by atoms with Gasteiger partial charge in [-0.2, -0.15) is 15.8 Å². The second kappa shape index (κ2) is 17.4. The average molecular weight is 611 g/mol. The number of nitriles is 3. The van der Waals surface area contributed by atoms with Crippen molar-refractivity contribution in [2.45, 2.75) is 65.4 Å². The van der Waals surface area contributed by atoms with Crippen LogP contribution in [0.1, 0.15) is 79.7 Å². The number of rotatable bonds is 16. The number of anilines is 1. The molecule has 0 atom stereocenters. The summed E-state index contributed by atoms with van der Waals surface area (Å²) in [6.45, 7) is 5.09. The van der Waals surface area contributed by atoms with E-state index in [4.69, 9.17) is 0 Å². The van der Waals surface area contributed by atoms with E-state index in [2.05, 4.69) is 19.9 Å². The Labute approximate surface area is 265 Å². The fourth-order valence-corrected chi connectivity index (χ4v) is 6.85. The molecule has 0 unspecified atom stereocenters. The minimum atomic E-state index is -0.308. The molecule has 0 aliphatic heterocycles. The van der Waals surface area contributed by atoms with Crippen molar-refractivity contribution in [3.63, 3.8) is 0 Å². The van der Waals surface area contributed by atoms with Crippen molar-refractivity contribution in [2.75, 3.05) is 31.2 Å². The van der Waals surface area contributed by atoms with Gasteiger partial charge in [-0.3, -0.25) is 0 Å². The van der Waals surface area contributed by atoms with Crippen LogP contribution < -0.4 is 4.90 Å². The summed E-state index contributed by atoms with van der Waals surface area (Å²) in [5, 5.41) is 58.4. The lowest BCUT2D eigenvalue weighted by atomic mass is 9.72. The van der Waals surface area contributed by atoms with Crippen LogP contribution in [-0.2, 0) is 6.61 Å². The Morgan fingerprint density at radius 1 is 0.909 bits per heavy atom. The zero-order valence-electron chi connectivity index (χ0n) is 25.7. The van der Waals surface area contributed by atoms with E-state index >= 15 is 0 Å². The summed E-state index contributed by atoms with van der Waals surface area (Å²) in [6, 6.07) is 16.2. The van der Waals surface area contributed by atoms with Crippen molar-refractivity contribution < 1.29 is 15.3 Å². The third kappa shape index (κ3) is 8.35. The van der Waals surface area contributed by atoms with Gasteiger partial charge in [0.15, 0.2) is 0 Å². The minimum absolute atomic E-state index is 0.0101. The second-order valence-electron chi connectivity index (χ2n) is 11.0. The summed E-state index contributed by atoms with van der Waals surface area (Å²) in [5.41, 5.74) is 4.32. The van der Waals surface area contributed by atoms with Gasteiger partial charge in [0.1, 0.15) is 17.7 Å². The molecule has 1 aromatic carbocycles. The Morgan fingerprint density at radius 2 is 1.55 bits per heavy atom. The van der Waals surface area contributed by atoms with E-state index in [-0.39, 0.29) is 30.8 Å². The van der Waals surface area contributed by atoms with Crippen LogP contribution in [0, 0.1) is 39.4 Å². The zero-order chi connectivity index (χ0) is 32.0. The maximum atomic E-state index is 10.2. The number of nitrogens with zero attached hydrogens (tertiary/aromatic N) is 4. The first-order chi connectivity index (χ1) is 21.4. The van der Waals surface area contributed by atoms with Crippen molar-refractivity contribution in [2.24, 2.45) is 5.41 Å². The van der Waals surface area contributed by atoms with Gasteiger partial charge in [0, 0.05) is 33.9 Å². The summed E-state index contributed by atoms with van der Waals surface area (Å²) in [4.78, 5) is 3.80. The van der Waals surface area contributed by atoms with Gasteiger partial charge >= 0.3 is 0 Å². The fraction of sp³-hybridized carbons (Fsp3) is 0.417. The summed E-state index contributed by atoms with van der Waals surface area (Å²) in [6.07, 6.45) is 14.2. The van der Waals surface area contributed by atoms with Crippen LogP contribution in [0.2, 0.25) is 0 Å². The number of aliphatic hydroxyl groups is 3. The lowest BCUT2D eigenvalue weighted by Crippen LogP contribution is -2.29. The lowest BCUT2D eigenvalue weighted by Gasteiger charge is -2.31. The van der Waals surface area contributed by atoms with E-state index in [9.17, 15) is 31.1 Å². The standard InChI is InChI=1S/C36H42N4O3S/c1-3-5-15-36(16-6-4-2)22-32(29(23-37)24-38)33(25-39)34(36)13-14-35-28(26-43)21-31(44-35)12-9-27-7-10-30(11-8-27)40(17-19-41)18-20-42/h7-14,21,41-43H,3-6,15-20,22,26H2,1-2H3/b12-9+,14-13+. The molecule has 0 saturated carbocycles. The van der Waals surface area contributed by atoms with Crippen LogP contribution in [0.15, 0.2) is 58.7 Å². The van der Waals surface area contributed by atoms with E-state index in [0.717, 1.165) is 70.7 Å². The van der Waals surface area contributed by atoms with Gasteiger partial charge in [0.2, 0.25) is 0 Å². The highest BCUT2D eigenvalue weighted by Crippen LogP contribution is 2.54. The van der Waals surface area contributed by atoms with Crippen LogP contribution in [0.4, 0.5) is 5.69 Å². The number of hydrogen-bond acceptors (Lipinski definition) is 8. The predicted molar refractivity (Wildman–Crippen MR) is 178 cm³/mol. The molecule has 3 N–H and O–H groups in total. The number of benzene rings is 1. The Balaban J connectivity index is 1.97. The first-order valence-electron chi connectivity index (χ1n) is 15.3. The zero-order valence-corrected chi connectivity index (χ0v) is 26.5. The molecule has 1 aliphatic carbocycles. The molecular formula is C36H42N4O3S. The number of aliphatic hydroxyl groups excluding tert-OH is 3. The topological polar surface area (TPSA) is 135 Å². The van der Waals surface area contributed by atoms with Gasteiger partial charge in [-0.15, -0.1) is 11.3 Å². The van der Waals surface area contributed by atoms with Crippen LogP contribution in [0.5, 0.6) is 0 Å². The fourth-order valence-electron chi connectivity index (χ4n) is 5.87. The van der Waals surface area contributed by atoms with Crippen LogP contribution in [0.25, 0.3) is 18.2 Å². The molecule has 0 fully saturated rings. The van der Waals surface area contributed by atoms with Gasteiger partial charge in [-0.05, 0) is 71.9 Å². The highest BCUT2D eigenvalue weighted by Gasteiger charge is 2.42. The molecule has 0 bridgehead atoms. The molecule has 2 aromatic rings. The van der Waals surface area contributed by atoms with Crippen molar-refractivity contribution >= 4 is 35.3 Å². The average Bonchev–Trinajstić information content (AvgIpc) is 3.59. The smallest absolute Gasteiger partial charge is 0.134 e. The molecule has 0 radical (unpaired) electrons. The van der Waals surface area contributed by atoms with E-state index in [1.54, 1.807) is 11.3 Å². The highest BCUT2D eigenvalue weighted by atomic mass is 32.1. The minimum Gasteiger partial charge on any atom is -0.395 e. The maximum absolute atomic E-state index is 10.2. The van der Waals surface area contributed by atoms with Crippen molar-refractivity contribution in [1.82, 2.24) is 0 Å². The van der Waals surface area contributed by atoms with Crippen LogP contribution in [0.3, 0.4) is 0 Å². The molecule has 1 aromatic heterocycles. The summed E-state index contributed by atoms with van der Waals surface area (Å²) >= 11 is 1.55. The summed E-state index contributed by atoms with van der Waals surface area (Å²) in [7, 11) is 0. The van der Waals surface area contributed by atoms with Gasteiger partial charge < -0.3 is 20.2 Å². The molecule has 8 heteroatoms. The number of allylic oxidation sites excluding steroid dienone is 5. The number of thiophene rings is 1. The molecule has 7 nitrogen and oxygen atoms in total. The second-order valence-corrected chi connectivity index (χ2v) is 12.1. The van der Waals surface area contributed by atoms with Crippen LogP contribution >= 0.6 is 11.3 Å². The van der Waals surface area contributed by atoms with Crippen LogP contribution in [-0.4, -0.2) is 41.6 Å². The van der Waals surface area contributed by atoms with Gasteiger partial charge in [-0.1, -0.05) is 63.8 Å². The van der Waals surface area contributed by atoms with E-state index in [0.29, 0.717) is 30.7 Å². The first-order valence-corrected chi connectivity index (χ1v) is 16.1. The maximum Gasteiger partial charge on any atom is 0.134 e. The third-order valence-corrected chi connectivity index (χ3v) is 9.29. The predicted octanol–water partition coefficient (Wildman–Crippen LogP) is 7.15. The van der Waals surface area contributed by atoms with Crippen molar-refractivity contribution in [3.8, 4) is 18.2 Å². The largest absolute Gasteiger partial charge is 0.395 e.